The fourth-order valence-corrected chi connectivity index (χ4v) is 2.61. The normalized spacial score (nSPS) is 16.2. The van der Waals surface area contributed by atoms with Gasteiger partial charge in [-0.3, -0.25) is 9.59 Å². The molecule has 6 heteroatoms. The van der Waals surface area contributed by atoms with Crippen molar-refractivity contribution in [2.45, 2.75) is 33.1 Å². The summed E-state index contributed by atoms with van der Waals surface area (Å²) in [6.07, 6.45) is 5.71. The molecule has 116 valence electrons. The van der Waals surface area contributed by atoms with Crippen molar-refractivity contribution in [3.63, 3.8) is 0 Å². The number of piperidine rings is 1. The standard InChI is InChI=1S/C15H24N4O2/c1-11(2)15(21)19-9-4-12(5-10-19)14(20)18-6-3-13-16-7-8-17-13/h7-8,11-12H,3-6,9-10H2,1-2H3,(H,16,17)(H,18,20). The van der Waals surface area contributed by atoms with E-state index in [4.69, 9.17) is 0 Å². The average molecular weight is 292 g/mol. The Balaban J connectivity index is 1.69. The van der Waals surface area contributed by atoms with Crippen LogP contribution in [0.5, 0.6) is 0 Å². The van der Waals surface area contributed by atoms with Crippen LogP contribution < -0.4 is 5.32 Å². The summed E-state index contributed by atoms with van der Waals surface area (Å²) >= 11 is 0. The van der Waals surface area contributed by atoms with Gasteiger partial charge in [0.05, 0.1) is 0 Å². The zero-order chi connectivity index (χ0) is 15.2. The van der Waals surface area contributed by atoms with E-state index in [-0.39, 0.29) is 23.7 Å². The zero-order valence-electron chi connectivity index (χ0n) is 12.8. The highest BCUT2D eigenvalue weighted by Gasteiger charge is 2.27. The topological polar surface area (TPSA) is 78.1 Å². The quantitative estimate of drug-likeness (QED) is 0.848. The Bertz CT molecular complexity index is 462. The van der Waals surface area contributed by atoms with Crippen molar-refractivity contribution in [3.05, 3.63) is 18.2 Å². The first kappa shape index (κ1) is 15.5. The van der Waals surface area contributed by atoms with Gasteiger partial charge in [-0.15, -0.1) is 0 Å². The second kappa shape index (κ2) is 7.24. The third-order valence-corrected chi connectivity index (χ3v) is 3.89. The van der Waals surface area contributed by atoms with Crippen molar-refractivity contribution in [3.8, 4) is 0 Å². The molecule has 1 aromatic rings. The van der Waals surface area contributed by atoms with E-state index in [2.05, 4.69) is 15.3 Å². The average Bonchev–Trinajstić information content (AvgIpc) is 2.99. The number of carbonyl (C=O) groups excluding carboxylic acids is 2. The van der Waals surface area contributed by atoms with E-state index in [1.165, 1.54) is 0 Å². The van der Waals surface area contributed by atoms with Gasteiger partial charge in [0.15, 0.2) is 0 Å². The molecular formula is C15H24N4O2. The lowest BCUT2D eigenvalue weighted by atomic mass is 9.95. The highest BCUT2D eigenvalue weighted by molar-refractivity contribution is 5.80. The molecule has 2 amide bonds. The lowest BCUT2D eigenvalue weighted by molar-refractivity contribution is -0.138. The van der Waals surface area contributed by atoms with Gasteiger partial charge in [0, 0.05) is 50.3 Å². The molecule has 0 radical (unpaired) electrons. The van der Waals surface area contributed by atoms with E-state index in [1.807, 2.05) is 18.7 Å². The number of nitrogens with one attached hydrogen (secondary N) is 2. The molecule has 6 nitrogen and oxygen atoms in total. The maximum Gasteiger partial charge on any atom is 0.225 e. The lowest BCUT2D eigenvalue weighted by Gasteiger charge is -2.32. The van der Waals surface area contributed by atoms with Crippen LogP contribution in [0.4, 0.5) is 0 Å². The molecule has 2 N–H and O–H groups in total. The summed E-state index contributed by atoms with van der Waals surface area (Å²) in [7, 11) is 0. The molecule has 0 bridgehead atoms. The minimum atomic E-state index is 0.0258. The van der Waals surface area contributed by atoms with Crippen LogP contribution in [0, 0.1) is 11.8 Å². The van der Waals surface area contributed by atoms with Gasteiger partial charge in [-0.1, -0.05) is 13.8 Å². The Kier molecular flexibility index (Phi) is 5.36. The lowest BCUT2D eigenvalue weighted by Crippen LogP contribution is -2.44. The van der Waals surface area contributed by atoms with E-state index >= 15 is 0 Å². The monoisotopic (exact) mass is 292 g/mol. The molecule has 2 rings (SSSR count). The van der Waals surface area contributed by atoms with E-state index in [9.17, 15) is 9.59 Å². The van der Waals surface area contributed by atoms with Crippen LogP contribution in [0.25, 0.3) is 0 Å². The summed E-state index contributed by atoms with van der Waals surface area (Å²) in [6, 6.07) is 0. The minimum absolute atomic E-state index is 0.0258. The molecule has 0 aromatic carbocycles. The van der Waals surface area contributed by atoms with Crippen LogP contribution in [0.15, 0.2) is 12.4 Å². The van der Waals surface area contributed by atoms with Crippen LogP contribution in [-0.4, -0.2) is 46.3 Å². The van der Waals surface area contributed by atoms with Crippen LogP contribution in [0.2, 0.25) is 0 Å². The molecule has 21 heavy (non-hydrogen) atoms. The third-order valence-electron chi connectivity index (χ3n) is 3.89. The Morgan fingerprint density at radius 1 is 1.43 bits per heavy atom. The van der Waals surface area contributed by atoms with Crippen molar-refractivity contribution in [2.75, 3.05) is 19.6 Å². The zero-order valence-corrected chi connectivity index (χ0v) is 12.8. The third kappa shape index (κ3) is 4.31. The smallest absolute Gasteiger partial charge is 0.225 e. The molecule has 0 unspecified atom stereocenters. The van der Waals surface area contributed by atoms with E-state index in [0.29, 0.717) is 26.1 Å². The molecule has 0 saturated carbocycles. The van der Waals surface area contributed by atoms with Gasteiger partial charge in [0.2, 0.25) is 11.8 Å². The van der Waals surface area contributed by atoms with Crippen molar-refractivity contribution in [2.24, 2.45) is 11.8 Å². The number of carbonyl (C=O) groups is 2. The number of aromatic amines is 1. The van der Waals surface area contributed by atoms with Gasteiger partial charge < -0.3 is 15.2 Å². The molecule has 0 atom stereocenters. The Labute approximate surface area is 125 Å². The molecule has 1 aliphatic heterocycles. The fourth-order valence-electron chi connectivity index (χ4n) is 2.61. The van der Waals surface area contributed by atoms with Gasteiger partial charge in [0.25, 0.3) is 0 Å². The van der Waals surface area contributed by atoms with Crippen LogP contribution >= 0.6 is 0 Å². The molecule has 1 aliphatic rings. The number of nitrogens with zero attached hydrogens (tertiary/aromatic N) is 2. The van der Waals surface area contributed by atoms with Crippen molar-refractivity contribution in [1.82, 2.24) is 20.2 Å². The number of likely N-dealkylation sites (tertiary alicyclic amines) is 1. The predicted octanol–water partition coefficient (Wildman–Crippen LogP) is 0.963. The van der Waals surface area contributed by atoms with Gasteiger partial charge in [-0.2, -0.15) is 0 Å². The second-order valence-electron chi connectivity index (χ2n) is 5.83. The molecule has 1 fully saturated rings. The molecular weight excluding hydrogens is 268 g/mol. The van der Waals surface area contributed by atoms with Crippen molar-refractivity contribution in [1.29, 1.82) is 0 Å². The van der Waals surface area contributed by atoms with Gasteiger partial charge in [-0.05, 0) is 12.8 Å². The maximum atomic E-state index is 12.1. The highest BCUT2D eigenvalue weighted by atomic mass is 16.2. The predicted molar refractivity (Wildman–Crippen MR) is 79.4 cm³/mol. The van der Waals surface area contributed by atoms with E-state index in [1.54, 1.807) is 12.4 Å². The number of hydrogen-bond acceptors (Lipinski definition) is 3. The first-order valence-corrected chi connectivity index (χ1v) is 7.62. The summed E-state index contributed by atoms with van der Waals surface area (Å²) in [6.45, 7) is 5.80. The van der Waals surface area contributed by atoms with Crippen molar-refractivity contribution < 1.29 is 9.59 Å². The summed E-state index contributed by atoms with van der Waals surface area (Å²) in [4.78, 5) is 33.0. The highest BCUT2D eigenvalue weighted by Crippen LogP contribution is 2.18. The summed E-state index contributed by atoms with van der Waals surface area (Å²) in [5.41, 5.74) is 0. The van der Waals surface area contributed by atoms with E-state index < -0.39 is 0 Å². The molecule has 2 heterocycles. The van der Waals surface area contributed by atoms with Crippen LogP contribution in [0.1, 0.15) is 32.5 Å². The molecule has 1 saturated heterocycles. The minimum Gasteiger partial charge on any atom is -0.355 e. The Morgan fingerprint density at radius 3 is 2.71 bits per heavy atom. The SMILES string of the molecule is CC(C)C(=O)N1CCC(C(=O)NCCc2ncc[nH]2)CC1. The first-order chi connectivity index (χ1) is 10.1. The largest absolute Gasteiger partial charge is 0.355 e. The van der Waals surface area contributed by atoms with Crippen molar-refractivity contribution >= 4 is 11.8 Å². The number of aromatic nitrogens is 2. The molecule has 1 aromatic heterocycles. The number of hydrogen-bond donors (Lipinski definition) is 2. The Morgan fingerprint density at radius 2 is 2.14 bits per heavy atom. The number of rotatable bonds is 5. The Hall–Kier alpha value is -1.85. The van der Waals surface area contributed by atoms with Crippen LogP contribution in [-0.2, 0) is 16.0 Å². The molecule has 0 spiro atoms. The number of imidazole rings is 1. The van der Waals surface area contributed by atoms with Gasteiger partial charge in [0.1, 0.15) is 5.82 Å². The number of H-pyrrole nitrogens is 1. The fraction of sp³-hybridized carbons (Fsp3) is 0.667. The first-order valence-electron chi connectivity index (χ1n) is 7.62. The van der Waals surface area contributed by atoms with E-state index in [0.717, 1.165) is 18.7 Å². The van der Waals surface area contributed by atoms with Gasteiger partial charge in [-0.25, -0.2) is 4.98 Å². The maximum absolute atomic E-state index is 12.1. The molecule has 0 aliphatic carbocycles. The summed E-state index contributed by atoms with van der Waals surface area (Å²) in [5, 5.41) is 2.96. The summed E-state index contributed by atoms with van der Waals surface area (Å²) < 4.78 is 0. The van der Waals surface area contributed by atoms with Crippen LogP contribution in [0.3, 0.4) is 0 Å². The summed E-state index contributed by atoms with van der Waals surface area (Å²) in [5.74, 6) is 1.22. The number of amides is 2. The second-order valence-corrected chi connectivity index (χ2v) is 5.83. The van der Waals surface area contributed by atoms with Gasteiger partial charge >= 0.3 is 0 Å².